The van der Waals surface area contributed by atoms with Gasteiger partial charge in [0.05, 0.1) is 12.5 Å². The van der Waals surface area contributed by atoms with E-state index < -0.39 is 12.1 Å². The lowest BCUT2D eigenvalue weighted by atomic mass is 9.89. The molecule has 2 aliphatic carbocycles. The number of alkyl carbamates (subject to hydrolysis) is 1. The molecule has 184 valence electrons. The van der Waals surface area contributed by atoms with E-state index in [0.717, 1.165) is 11.1 Å². The summed E-state index contributed by atoms with van der Waals surface area (Å²) in [6, 6.07) is 15.7. The molecule has 0 saturated heterocycles. The van der Waals surface area contributed by atoms with E-state index in [1.54, 1.807) is 11.8 Å². The van der Waals surface area contributed by atoms with E-state index in [-0.39, 0.29) is 42.9 Å². The van der Waals surface area contributed by atoms with Crippen molar-refractivity contribution in [2.24, 2.45) is 5.92 Å². The minimum absolute atomic E-state index is 0.0155. The summed E-state index contributed by atoms with van der Waals surface area (Å²) >= 11 is 0. The lowest BCUT2D eigenvalue weighted by molar-refractivity contribution is -0.142. The number of carboxylic acid groups (broad SMARTS) is 1. The third kappa shape index (κ3) is 5.39. The molecule has 7 heteroatoms. The molecule has 0 radical (unpaired) electrons. The van der Waals surface area contributed by atoms with Crippen LogP contribution < -0.4 is 5.32 Å². The molecule has 0 spiro atoms. The van der Waals surface area contributed by atoms with E-state index in [1.807, 2.05) is 43.3 Å². The van der Waals surface area contributed by atoms with Crippen LogP contribution in [0.3, 0.4) is 0 Å². The zero-order valence-corrected chi connectivity index (χ0v) is 20.1. The van der Waals surface area contributed by atoms with Gasteiger partial charge in [-0.3, -0.25) is 9.59 Å². The average Bonchev–Trinajstić information content (AvgIpc) is 3.16. The molecular weight excluding hydrogens is 444 g/mol. The molecule has 2 aromatic rings. The maximum Gasteiger partial charge on any atom is 0.407 e. The number of nitrogens with zero attached hydrogens (tertiary/aromatic N) is 1. The van der Waals surface area contributed by atoms with Gasteiger partial charge in [0.1, 0.15) is 6.61 Å². The molecule has 0 aliphatic heterocycles. The first-order chi connectivity index (χ1) is 16.9. The third-order valence-electron chi connectivity index (χ3n) is 6.95. The predicted molar refractivity (Wildman–Crippen MR) is 133 cm³/mol. The number of amides is 2. The second-order valence-electron chi connectivity index (χ2n) is 9.24. The first-order valence-corrected chi connectivity index (χ1v) is 12.2. The number of aliphatic carboxylic acids is 1. The van der Waals surface area contributed by atoms with Gasteiger partial charge in [0.2, 0.25) is 5.91 Å². The Balaban J connectivity index is 1.34. The Morgan fingerprint density at radius 1 is 1.09 bits per heavy atom. The van der Waals surface area contributed by atoms with Crippen molar-refractivity contribution in [3.05, 3.63) is 71.8 Å². The first-order valence-electron chi connectivity index (χ1n) is 12.2. The minimum atomic E-state index is -0.929. The molecule has 0 saturated carbocycles. The van der Waals surface area contributed by atoms with Crippen LogP contribution >= 0.6 is 0 Å². The van der Waals surface area contributed by atoms with Gasteiger partial charge >= 0.3 is 12.1 Å². The molecule has 2 N–H and O–H groups in total. The topological polar surface area (TPSA) is 95.9 Å². The Labute approximate surface area is 205 Å². The summed E-state index contributed by atoms with van der Waals surface area (Å²) in [5.74, 6) is -1.33. The molecule has 3 atom stereocenters. The molecule has 1 unspecified atom stereocenters. The van der Waals surface area contributed by atoms with E-state index in [9.17, 15) is 14.4 Å². The number of hydrogen-bond acceptors (Lipinski definition) is 4. The lowest BCUT2D eigenvalue weighted by Gasteiger charge is -2.33. The SMILES string of the molecule is CCN(C(=O)[C@@H]1CC=C[C@@H](NC(=O)OCC2c3ccccc3-c3ccccc32)C1)C(C)CC(=O)O. The van der Waals surface area contributed by atoms with Gasteiger partial charge in [-0.05, 0) is 48.9 Å². The highest BCUT2D eigenvalue weighted by Gasteiger charge is 2.32. The molecule has 4 rings (SSSR count). The predicted octanol–water partition coefficient (Wildman–Crippen LogP) is 4.57. The molecule has 0 heterocycles. The Hall–Kier alpha value is -3.61. The van der Waals surface area contributed by atoms with Gasteiger partial charge in [-0.15, -0.1) is 0 Å². The average molecular weight is 477 g/mol. The van der Waals surface area contributed by atoms with Gasteiger partial charge in [-0.2, -0.15) is 0 Å². The smallest absolute Gasteiger partial charge is 0.407 e. The highest BCUT2D eigenvalue weighted by Crippen LogP contribution is 2.44. The summed E-state index contributed by atoms with van der Waals surface area (Å²) in [4.78, 5) is 38.4. The minimum Gasteiger partial charge on any atom is -0.481 e. The summed E-state index contributed by atoms with van der Waals surface area (Å²) in [5.41, 5.74) is 4.65. The van der Waals surface area contributed by atoms with Crippen LogP contribution in [0.5, 0.6) is 0 Å². The second kappa shape index (κ2) is 10.8. The summed E-state index contributed by atoms with van der Waals surface area (Å²) in [7, 11) is 0. The van der Waals surface area contributed by atoms with Crippen molar-refractivity contribution in [1.82, 2.24) is 10.2 Å². The largest absolute Gasteiger partial charge is 0.481 e. The molecule has 35 heavy (non-hydrogen) atoms. The van der Waals surface area contributed by atoms with Crippen molar-refractivity contribution < 1.29 is 24.2 Å². The number of allylic oxidation sites excluding steroid dienone is 1. The number of ether oxygens (including phenoxy) is 1. The number of fused-ring (bicyclic) bond motifs is 3. The highest BCUT2D eigenvalue weighted by molar-refractivity contribution is 5.81. The monoisotopic (exact) mass is 476 g/mol. The van der Waals surface area contributed by atoms with Crippen LogP contribution in [0.4, 0.5) is 4.79 Å². The zero-order chi connectivity index (χ0) is 24.9. The molecular formula is C28H32N2O5. The number of hydrogen-bond donors (Lipinski definition) is 2. The van der Waals surface area contributed by atoms with Gasteiger partial charge in [0, 0.05) is 24.4 Å². The van der Waals surface area contributed by atoms with Crippen LogP contribution in [-0.2, 0) is 14.3 Å². The van der Waals surface area contributed by atoms with Crippen LogP contribution in [-0.4, -0.2) is 53.2 Å². The highest BCUT2D eigenvalue weighted by atomic mass is 16.5. The van der Waals surface area contributed by atoms with Crippen LogP contribution in [0.25, 0.3) is 11.1 Å². The fourth-order valence-electron chi connectivity index (χ4n) is 5.27. The van der Waals surface area contributed by atoms with Gasteiger partial charge in [-0.25, -0.2) is 4.79 Å². The van der Waals surface area contributed by atoms with Crippen LogP contribution in [0.15, 0.2) is 60.7 Å². The zero-order valence-electron chi connectivity index (χ0n) is 20.1. The molecule has 2 amide bonds. The molecule has 2 aliphatic rings. The maximum absolute atomic E-state index is 13.1. The number of carbonyl (C=O) groups is 3. The van der Waals surface area contributed by atoms with Crippen molar-refractivity contribution in [2.75, 3.05) is 13.2 Å². The normalized spacial score (nSPS) is 19.4. The number of rotatable bonds is 8. The van der Waals surface area contributed by atoms with Crippen molar-refractivity contribution in [2.45, 2.75) is 51.1 Å². The molecule has 2 aromatic carbocycles. The van der Waals surface area contributed by atoms with E-state index in [0.29, 0.717) is 19.4 Å². The summed E-state index contributed by atoms with van der Waals surface area (Å²) in [6.07, 6.45) is 4.21. The van der Waals surface area contributed by atoms with E-state index in [1.165, 1.54) is 11.1 Å². The van der Waals surface area contributed by atoms with Gasteiger partial charge in [0.15, 0.2) is 0 Å². The standard InChI is InChI=1S/C28H32N2O5/c1-3-30(18(2)15-26(31)32)27(33)19-9-8-10-20(16-19)29-28(34)35-17-25-23-13-6-4-11-21(23)22-12-5-7-14-24(22)25/h4-8,10-14,18-20,25H,3,9,15-17H2,1-2H3,(H,29,34)(H,31,32)/t18?,19-,20-/m1/s1. The number of carbonyl (C=O) groups excluding carboxylic acids is 2. The van der Waals surface area contributed by atoms with Crippen LogP contribution in [0, 0.1) is 5.92 Å². The summed E-state index contributed by atoms with van der Waals surface area (Å²) in [6.45, 7) is 4.27. The number of carboxylic acids is 1. The van der Waals surface area contributed by atoms with Crippen molar-refractivity contribution in [1.29, 1.82) is 0 Å². The van der Waals surface area contributed by atoms with Gasteiger partial charge in [0.25, 0.3) is 0 Å². The number of benzene rings is 2. The van der Waals surface area contributed by atoms with Crippen LogP contribution in [0.2, 0.25) is 0 Å². The maximum atomic E-state index is 13.1. The quantitative estimate of drug-likeness (QED) is 0.544. The van der Waals surface area contributed by atoms with Crippen molar-refractivity contribution >= 4 is 18.0 Å². The van der Waals surface area contributed by atoms with Crippen molar-refractivity contribution in [3.8, 4) is 11.1 Å². The second-order valence-corrected chi connectivity index (χ2v) is 9.24. The third-order valence-corrected chi connectivity index (χ3v) is 6.95. The van der Waals surface area contributed by atoms with Crippen molar-refractivity contribution in [3.63, 3.8) is 0 Å². The number of nitrogens with one attached hydrogen (secondary N) is 1. The Morgan fingerprint density at radius 2 is 1.71 bits per heavy atom. The van der Waals surface area contributed by atoms with Crippen LogP contribution in [0.1, 0.15) is 50.2 Å². The summed E-state index contributed by atoms with van der Waals surface area (Å²) in [5, 5.41) is 12.0. The van der Waals surface area contributed by atoms with Gasteiger partial charge < -0.3 is 20.1 Å². The van der Waals surface area contributed by atoms with Gasteiger partial charge in [-0.1, -0.05) is 60.7 Å². The fraction of sp³-hybridized carbons (Fsp3) is 0.393. The molecule has 0 aromatic heterocycles. The summed E-state index contributed by atoms with van der Waals surface area (Å²) < 4.78 is 5.64. The first kappa shape index (κ1) is 24.5. The Kier molecular flexibility index (Phi) is 7.54. The molecule has 0 fully saturated rings. The molecule has 0 bridgehead atoms. The van der Waals surface area contributed by atoms with E-state index in [4.69, 9.17) is 9.84 Å². The molecule has 7 nitrogen and oxygen atoms in total. The Morgan fingerprint density at radius 3 is 2.31 bits per heavy atom. The fourth-order valence-corrected chi connectivity index (χ4v) is 5.27. The lowest BCUT2D eigenvalue weighted by Crippen LogP contribution is -2.46. The van der Waals surface area contributed by atoms with E-state index >= 15 is 0 Å². The Bertz CT molecular complexity index is 1080. The van der Waals surface area contributed by atoms with E-state index in [2.05, 4.69) is 29.6 Å².